The van der Waals surface area contributed by atoms with Crippen molar-refractivity contribution >= 4 is 0 Å². The lowest BCUT2D eigenvalue weighted by Gasteiger charge is -2.00. The zero-order chi connectivity index (χ0) is 6.57. The second-order valence-electron chi connectivity index (χ2n) is 2.19. The van der Waals surface area contributed by atoms with Gasteiger partial charge in [0.1, 0.15) is 0 Å². The molecule has 0 amide bonds. The summed E-state index contributed by atoms with van der Waals surface area (Å²) in [7, 11) is 0. The Morgan fingerprint density at radius 2 is 2.12 bits per heavy atom. The minimum absolute atomic E-state index is 0.287. The van der Waals surface area contributed by atoms with Crippen LogP contribution in [-0.2, 0) is 0 Å². The van der Waals surface area contributed by atoms with Gasteiger partial charge in [-0.15, -0.1) is 0 Å². The lowest BCUT2D eigenvalue weighted by molar-refractivity contribution is 0.349. The highest BCUT2D eigenvalue weighted by Crippen LogP contribution is 2.04. The predicted molar refractivity (Wildman–Crippen MR) is 35.8 cm³/mol. The Kier molecular flexibility index (Phi) is 3.33. The van der Waals surface area contributed by atoms with E-state index in [-0.39, 0.29) is 5.92 Å². The highest BCUT2D eigenvalue weighted by Gasteiger charge is 1.95. The molecule has 1 nitrogen and oxygen atoms in total. The lowest BCUT2D eigenvalue weighted by Crippen LogP contribution is -1.90. The van der Waals surface area contributed by atoms with E-state index in [4.69, 9.17) is 5.11 Å². The predicted octanol–water partition coefficient (Wildman–Crippen LogP) is 2.49. The molecule has 0 aromatic carbocycles. The number of hydrogen-bond donors (Lipinski definition) is 1. The normalized spacial score (nSPS) is 12.8. The van der Waals surface area contributed by atoms with Crippen LogP contribution < -0.4 is 0 Å². The lowest BCUT2D eigenvalue weighted by atomic mass is 10.1. The molecule has 0 aliphatic heterocycles. The highest BCUT2D eigenvalue weighted by molar-refractivity contribution is 4.92. The van der Waals surface area contributed by atoms with Crippen LogP contribution in [0.3, 0.4) is 0 Å². The Hall–Kier alpha value is -0.460. The average molecular weight is 114 g/mol. The summed E-state index contributed by atoms with van der Waals surface area (Å²) in [6, 6.07) is 0. The molecule has 0 heterocycles. The number of rotatable bonds is 2. The summed E-state index contributed by atoms with van der Waals surface area (Å²) in [6.45, 7) is 5.96. The summed E-state index contributed by atoms with van der Waals surface area (Å²) < 4.78 is 0. The van der Waals surface area contributed by atoms with Crippen molar-refractivity contribution in [2.24, 2.45) is 5.92 Å². The van der Waals surface area contributed by atoms with E-state index in [1.54, 1.807) is 0 Å². The summed E-state index contributed by atoms with van der Waals surface area (Å²) in [5, 5.41) is 8.99. The van der Waals surface area contributed by atoms with Crippen LogP contribution in [0, 0.1) is 5.92 Å². The topological polar surface area (TPSA) is 20.2 Å². The summed E-state index contributed by atoms with van der Waals surface area (Å²) in [6.07, 6.45) is 2.76. The van der Waals surface area contributed by atoms with Gasteiger partial charge in [-0.05, 0) is 12.5 Å². The van der Waals surface area contributed by atoms with Crippen molar-refractivity contribution in [3.8, 4) is 0 Å². The second kappa shape index (κ2) is 3.53. The molecule has 8 heavy (non-hydrogen) atoms. The molecule has 0 saturated heterocycles. The van der Waals surface area contributed by atoms with Gasteiger partial charge in [0.2, 0.25) is 0 Å². The second-order valence-corrected chi connectivity index (χ2v) is 2.19. The van der Waals surface area contributed by atoms with Gasteiger partial charge in [-0.1, -0.05) is 20.8 Å². The average Bonchev–Trinajstić information content (AvgIpc) is 1.67. The Morgan fingerprint density at radius 3 is 2.25 bits per heavy atom. The van der Waals surface area contributed by atoms with Crippen LogP contribution in [0.1, 0.15) is 27.2 Å². The van der Waals surface area contributed by atoms with Crippen molar-refractivity contribution in [1.29, 1.82) is 0 Å². The van der Waals surface area contributed by atoms with E-state index in [9.17, 15) is 0 Å². The van der Waals surface area contributed by atoms with Crippen LogP contribution in [0.5, 0.6) is 0 Å². The Bertz CT molecular complexity index is 82.4. The molecule has 1 heteroatoms. The first kappa shape index (κ1) is 7.54. The van der Waals surface area contributed by atoms with Crippen molar-refractivity contribution in [3.63, 3.8) is 0 Å². The molecule has 0 aliphatic carbocycles. The van der Waals surface area contributed by atoms with Crippen molar-refractivity contribution in [2.75, 3.05) is 0 Å². The van der Waals surface area contributed by atoms with Crippen molar-refractivity contribution in [1.82, 2.24) is 0 Å². The third-order valence-corrected chi connectivity index (χ3v) is 1.00. The Morgan fingerprint density at radius 1 is 1.62 bits per heavy atom. The van der Waals surface area contributed by atoms with Crippen LogP contribution in [0.25, 0.3) is 0 Å². The summed E-state index contributed by atoms with van der Waals surface area (Å²) in [5.41, 5.74) is 0. The number of hydrogen-bond acceptors (Lipinski definition) is 1. The van der Waals surface area contributed by atoms with Gasteiger partial charge in [-0.2, -0.15) is 0 Å². The third kappa shape index (κ3) is 2.67. The minimum Gasteiger partial charge on any atom is -0.512 e. The van der Waals surface area contributed by atoms with E-state index in [2.05, 4.69) is 0 Å². The fourth-order valence-electron chi connectivity index (χ4n) is 0.445. The molecule has 0 saturated carbocycles. The third-order valence-electron chi connectivity index (χ3n) is 1.00. The highest BCUT2D eigenvalue weighted by atomic mass is 16.3. The molecule has 0 radical (unpaired) electrons. The van der Waals surface area contributed by atoms with E-state index >= 15 is 0 Å². The summed E-state index contributed by atoms with van der Waals surface area (Å²) in [5.74, 6) is 0.794. The van der Waals surface area contributed by atoms with Crippen molar-refractivity contribution in [3.05, 3.63) is 11.8 Å². The zero-order valence-corrected chi connectivity index (χ0v) is 5.81. The van der Waals surface area contributed by atoms with Crippen LogP contribution in [0.4, 0.5) is 0 Å². The SMILES string of the molecule is CCC=C(O)C(C)C. The molecular formula is C7H14O. The van der Waals surface area contributed by atoms with Gasteiger partial charge in [-0.3, -0.25) is 0 Å². The monoisotopic (exact) mass is 114 g/mol. The molecule has 0 aliphatic rings. The van der Waals surface area contributed by atoms with E-state index < -0.39 is 0 Å². The van der Waals surface area contributed by atoms with Crippen LogP contribution in [0.15, 0.2) is 11.8 Å². The quantitative estimate of drug-likeness (QED) is 0.547. The summed E-state index contributed by atoms with van der Waals surface area (Å²) >= 11 is 0. The molecule has 0 bridgehead atoms. The number of aliphatic hydroxyl groups is 1. The smallest absolute Gasteiger partial charge is 0.0908 e. The van der Waals surface area contributed by atoms with Gasteiger partial charge < -0.3 is 5.11 Å². The van der Waals surface area contributed by atoms with Crippen LogP contribution in [0.2, 0.25) is 0 Å². The standard InChI is InChI=1S/C7H14O/c1-4-5-7(8)6(2)3/h5-6,8H,4H2,1-3H3. The van der Waals surface area contributed by atoms with Crippen molar-refractivity contribution < 1.29 is 5.11 Å². The van der Waals surface area contributed by atoms with E-state index in [1.807, 2.05) is 26.8 Å². The molecule has 1 N–H and O–H groups in total. The first-order valence-electron chi connectivity index (χ1n) is 3.07. The van der Waals surface area contributed by atoms with Crippen molar-refractivity contribution in [2.45, 2.75) is 27.2 Å². The zero-order valence-electron chi connectivity index (χ0n) is 5.81. The fraction of sp³-hybridized carbons (Fsp3) is 0.714. The van der Waals surface area contributed by atoms with Crippen LogP contribution >= 0.6 is 0 Å². The van der Waals surface area contributed by atoms with E-state index in [0.29, 0.717) is 5.76 Å². The first-order chi connectivity index (χ1) is 3.68. The fourth-order valence-corrected chi connectivity index (χ4v) is 0.445. The van der Waals surface area contributed by atoms with Gasteiger partial charge in [0.05, 0.1) is 5.76 Å². The Balaban J connectivity index is 3.61. The molecule has 0 rings (SSSR count). The maximum atomic E-state index is 8.99. The largest absolute Gasteiger partial charge is 0.512 e. The van der Waals surface area contributed by atoms with Gasteiger partial charge in [0, 0.05) is 5.92 Å². The molecule has 0 spiro atoms. The maximum absolute atomic E-state index is 8.99. The first-order valence-corrected chi connectivity index (χ1v) is 3.07. The summed E-state index contributed by atoms with van der Waals surface area (Å²) in [4.78, 5) is 0. The van der Waals surface area contributed by atoms with E-state index in [0.717, 1.165) is 6.42 Å². The Labute approximate surface area is 51.0 Å². The number of aliphatic hydroxyl groups excluding tert-OH is 1. The van der Waals surface area contributed by atoms with Gasteiger partial charge in [0.25, 0.3) is 0 Å². The van der Waals surface area contributed by atoms with Gasteiger partial charge >= 0.3 is 0 Å². The van der Waals surface area contributed by atoms with E-state index in [1.165, 1.54) is 0 Å². The maximum Gasteiger partial charge on any atom is 0.0908 e. The minimum atomic E-state index is 0.287. The van der Waals surface area contributed by atoms with Gasteiger partial charge in [0.15, 0.2) is 0 Å². The van der Waals surface area contributed by atoms with Crippen LogP contribution in [-0.4, -0.2) is 5.11 Å². The molecule has 0 atom stereocenters. The molecule has 0 fully saturated rings. The molecule has 0 unspecified atom stereocenters. The molecule has 0 aromatic rings. The van der Waals surface area contributed by atoms with Gasteiger partial charge in [-0.25, -0.2) is 0 Å². The molecular weight excluding hydrogens is 100 g/mol. The number of allylic oxidation sites excluding steroid dienone is 2. The molecule has 48 valence electrons. The molecule has 0 aromatic heterocycles.